The van der Waals surface area contributed by atoms with Crippen molar-refractivity contribution in [1.29, 1.82) is 0 Å². The van der Waals surface area contributed by atoms with E-state index in [1.807, 2.05) is 6.07 Å². The fourth-order valence-corrected chi connectivity index (χ4v) is 2.10. The molecule has 0 atom stereocenters. The second kappa shape index (κ2) is 4.85. The molecule has 0 aliphatic rings. The number of hydrogen-bond acceptors (Lipinski definition) is 4. The topological polar surface area (TPSA) is 55.1 Å². The van der Waals surface area contributed by atoms with Crippen LogP contribution in [0.25, 0.3) is 5.78 Å². The van der Waals surface area contributed by atoms with Crippen LogP contribution < -0.4 is 5.32 Å². The SMILES string of the molecule is Cc1cccc(CNc2cc(Cl)nc3ncnn23)c1. The van der Waals surface area contributed by atoms with Crippen molar-refractivity contribution in [2.45, 2.75) is 13.5 Å². The Hall–Kier alpha value is -2.14. The van der Waals surface area contributed by atoms with E-state index in [1.165, 1.54) is 17.5 Å². The molecule has 0 bridgehead atoms. The summed E-state index contributed by atoms with van der Waals surface area (Å²) in [5.74, 6) is 1.26. The zero-order valence-corrected chi connectivity index (χ0v) is 11.1. The monoisotopic (exact) mass is 273 g/mol. The van der Waals surface area contributed by atoms with E-state index in [9.17, 15) is 0 Å². The molecule has 5 nitrogen and oxygen atoms in total. The highest BCUT2D eigenvalue weighted by Gasteiger charge is 2.06. The standard InChI is InChI=1S/C13H12ClN5/c1-9-3-2-4-10(5-9)7-15-12-6-11(14)18-13-16-8-17-19(12)13/h2-6,8,15H,7H2,1H3. The molecule has 3 rings (SSSR count). The Morgan fingerprint density at radius 1 is 1.32 bits per heavy atom. The van der Waals surface area contributed by atoms with Crippen molar-refractivity contribution in [2.75, 3.05) is 5.32 Å². The van der Waals surface area contributed by atoms with Gasteiger partial charge in [-0.2, -0.15) is 19.6 Å². The van der Waals surface area contributed by atoms with Crippen molar-refractivity contribution in [3.05, 3.63) is 52.9 Å². The summed E-state index contributed by atoms with van der Waals surface area (Å²) >= 11 is 5.96. The minimum absolute atomic E-state index is 0.396. The molecule has 3 aromatic rings. The average Bonchev–Trinajstić information content (AvgIpc) is 2.84. The molecular formula is C13H12ClN5. The van der Waals surface area contributed by atoms with Crippen molar-refractivity contribution in [3.63, 3.8) is 0 Å². The minimum Gasteiger partial charge on any atom is -0.366 e. The zero-order chi connectivity index (χ0) is 13.2. The number of anilines is 1. The first-order valence-electron chi connectivity index (χ1n) is 5.88. The summed E-state index contributed by atoms with van der Waals surface area (Å²) < 4.78 is 1.63. The summed E-state index contributed by atoms with van der Waals surface area (Å²) in [6.07, 6.45) is 1.45. The summed E-state index contributed by atoms with van der Waals surface area (Å²) in [5.41, 5.74) is 2.43. The first-order chi connectivity index (χ1) is 9.22. The van der Waals surface area contributed by atoms with Gasteiger partial charge >= 0.3 is 0 Å². The number of aryl methyl sites for hydroxylation is 1. The number of hydrogen-bond donors (Lipinski definition) is 1. The lowest BCUT2D eigenvalue weighted by molar-refractivity contribution is 0.925. The highest BCUT2D eigenvalue weighted by molar-refractivity contribution is 6.29. The molecule has 96 valence electrons. The predicted molar refractivity (Wildman–Crippen MR) is 74.3 cm³/mol. The molecule has 0 amide bonds. The van der Waals surface area contributed by atoms with Crippen LogP contribution in [-0.4, -0.2) is 19.6 Å². The van der Waals surface area contributed by atoms with Gasteiger partial charge in [0.15, 0.2) is 0 Å². The van der Waals surface area contributed by atoms with E-state index in [2.05, 4.69) is 45.5 Å². The van der Waals surface area contributed by atoms with E-state index in [-0.39, 0.29) is 0 Å². The Labute approximate surface area is 115 Å². The van der Waals surface area contributed by atoms with Gasteiger partial charge in [-0.1, -0.05) is 41.4 Å². The Morgan fingerprint density at radius 2 is 2.21 bits per heavy atom. The molecule has 6 heteroatoms. The molecular weight excluding hydrogens is 262 g/mol. The number of rotatable bonds is 3. The highest BCUT2D eigenvalue weighted by atomic mass is 35.5. The van der Waals surface area contributed by atoms with Crippen LogP contribution in [0.2, 0.25) is 5.15 Å². The smallest absolute Gasteiger partial charge is 0.255 e. The summed E-state index contributed by atoms with van der Waals surface area (Å²) in [6, 6.07) is 10.0. The van der Waals surface area contributed by atoms with Crippen molar-refractivity contribution in [1.82, 2.24) is 19.6 Å². The molecule has 0 radical (unpaired) electrons. The van der Waals surface area contributed by atoms with Gasteiger partial charge < -0.3 is 5.32 Å². The Kier molecular flexibility index (Phi) is 3.05. The van der Waals surface area contributed by atoms with Gasteiger partial charge in [0.2, 0.25) is 0 Å². The number of nitrogens with zero attached hydrogens (tertiary/aromatic N) is 4. The lowest BCUT2D eigenvalue weighted by atomic mass is 10.1. The Morgan fingerprint density at radius 3 is 3.05 bits per heavy atom. The molecule has 0 saturated carbocycles. The predicted octanol–water partition coefficient (Wildman–Crippen LogP) is 2.70. The van der Waals surface area contributed by atoms with Crippen LogP contribution >= 0.6 is 11.6 Å². The van der Waals surface area contributed by atoms with Crippen molar-refractivity contribution >= 4 is 23.2 Å². The molecule has 1 N–H and O–H groups in total. The average molecular weight is 274 g/mol. The summed E-state index contributed by atoms with van der Waals surface area (Å²) in [4.78, 5) is 8.11. The molecule has 2 heterocycles. The van der Waals surface area contributed by atoms with Crippen molar-refractivity contribution < 1.29 is 0 Å². The van der Waals surface area contributed by atoms with Crippen LogP contribution in [0.5, 0.6) is 0 Å². The first-order valence-corrected chi connectivity index (χ1v) is 6.26. The maximum Gasteiger partial charge on any atom is 0.255 e. The third-order valence-electron chi connectivity index (χ3n) is 2.78. The summed E-state index contributed by atoms with van der Waals surface area (Å²) in [5, 5.41) is 7.80. The van der Waals surface area contributed by atoms with Gasteiger partial charge in [-0.05, 0) is 12.5 Å². The van der Waals surface area contributed by atoms with Gasteiger partial charge in [0.25, 0.3) is 5.78 Å². The number of aromatic nitrogens is 4. The minimum atomic E-state index is 0.396. The maximum atomic E-state index is 5.96. The van der Waals surface area contributed by atoms with Crippen LogP contribution in [-0.2, 0) is 6.54 Å². The van der Waals surface area contributed by atoms with E-state index in [0.717, 1.165) is 5.82 Å². The van der Waals surface area contributed by atoms with Crippen LogP contribution in [0, 0.1) is 6.92 Å². The lowest BCUT2D eigenvalue weighted by Crippen LogP contribution is -2.06. The van der Waals surface area contributed by atoms with E-state index in [0.29, 0.717) is 17.5 Å². The highest BCUT2D eigenvalue weighted by Crippen LogP contribution is 2.15. The summed E-state index contributed by atoms with van der Waals surface area (Å²) in [6.45, 7) is 2.76. The Bertz CT molecular complexity index is 722. The van der Waals surface area contributed by atoms with Gasteiger partial charge in [-0.15, -0.1) is 0 Å². The van der Waals surface area contributed by atoms with Gasteiger partial charge in [-0.3, -0.25) is 0 Å². The molecule has 0 unspecified atom stereocenters. The number of fused-ring (bicyclic) bond motifs is 1. The normalized spacial score (nSPS) is 10.8. The van der Waals surface area contributed by atoms with Gasteiger partial charge in [-0.25, -0.2) is 0 Å². The largest absolute Gasteiger partial charge is 0.366 e. The van der Waals surface area contributed by atoms with Crippen LogP contribution in [0.4, 0.5) is 5.82 Å². The second-order valence-electron chi connectivity index (χ2n) is 4.28. The van der Waals surface area contributed by atoms with E-state index < -0.39 is 0 Å². The molecule has 0 aliphatic carbocycles. The number of nitrogens with one attached hydrogen (secondary N) is 1. The second-order valence-corrected chi connectivity index (χ2v) is 4.67. The fourth-order valence-electron chi connectivity index (χ4n) is 1.92. The van der Waals surface area contributed by atoms with Crippen molar-refractivity contribution in [3.8, 4) is 0 Å². The summed E-state index contributed by atoms with van der Waals surface area (Å²) in [7, 11) is 0. The fraction of sp³-hybridized carbons (Fsp3) is 0.154. The molecule has 1 aromatic carbocycles. The Balaban J connectivity index is 1.87. The quantitative estimate of drug-likeness (QED) is 0.746. The van der Waals surface area contributed by atoms with Gasteiger partial charge in [0.05, 0.1) is 0 Å². The molecule has 0 fully saturated rings. The molecule has 19 heavy (non-hydrogen) atoms. The maximum absolute atomic E-state index is 5.96. The third-order valence-corrected chi connectivity index (χ3v) is 2.97. The molecule has 0 spiro atoms. The van der Waals surface area contributed by atoms with E-state index in [1.54, 1.807) is 10.6 Å². The van der Waals surface area contributed by atoms with E-state index in [4.69, 9.17) is 11.6 Å². The number of halogens is 1. The molecule has 0 saturated heterocycles. The molecule has 0 aliphatic heterocycles. The van der Waals surface area contributed by atoms with Crippen LogP contribution in [0.15, 0.2) is 36.7 Å². The zero-order valence-electron chi connectivity index (χ0n) is 10.3. The lowest BCUT2D eigenvalue weighted by Gasteiger charge is -2.08. The van der Waals surface area contributed by atoms with Crippen LogP contribution in [0.1, 0.15) is 11.1 Å². The van der Waals surface area contributed by atoms with Crippen molar-refractivity contribution in [2.24, 2.45) is 0 Å². The third kappa shape index (κ3) is 2.51. The van der Waals surface area contributed by atoms with Crippen LogP contribution in [0.3, 0.4) is 0 Å². The first kappa shape index (κ1) is 11.9. The van der Waals surface area contributed by atoms with Gasteiger partial charge in [0, 0.05) is 12.6 Å². The number of benzene rings is 1. The van der Waals surface area contributed by atoms with Gasteiger partial charge in [0.1, 0.15) is 17.3 Å². The molecule has 2 aromatic heterocycles. The van der Waals surface area contributed by atoms with E-state index >= 15 is 0 Å².